The van der Waals surface area contributed by atoms with Gasteiger partial charge in [-0.3, -0.25) is 0 Å². The van der Waals surface area contributed by atoms with E-state index < -0.39 is 5.41 Å². The standard InChI is InChI=1S/C52H33N3O/c1-3-16-34(17-4-1)38-20-7-8-21-39(38)35-30-32-37(33-31-35)50-53-49(36-18-5-2-6-19-36)54-51(55-50)41-23-15-27-45-48(41)40-22-9-10-24-42(40)52(45)43-25-11-13-28-46(43)56-47-29-14-12-26-44(47)52/h1-33H. The van der Waals surface area contributed by atoms with E-state index in [-0.39, 0.29) is 0 Å². The highest BCUT2D eigenvalue weighted by Crippen LogP contribution is 2.63. The SMILES string of the molecule is c1ccc(-c2nc(-c3ccc(-c4ccccc4-c4ccccc4)cc3)nc(-c3cccc4c3-c3ccccc3C43c4ccccc4Oc4ccccc43)n2)cc1. The molecule has 0 amide bonds. The van der Waals surface area contributed by atoms with Crippen molar-refractivity contribution in [2.24, 2.45) is 0 Å². The molecule has 2 aliphatic rings. The van der Waals surface area contributed by atoms with Crippen LogP contribution in [0.1, 0.15) is 22.3 Å². The average molecular weight is 716 g/mol. The fraction of sp³-hybridized carbons (Fsp3) is 0.0192. The summed E-state index contributed by atoms with van der Waals surface area (Å²) in [6.07, 6.45) is 0. The van der Waals surface area contributed by atoms with Gasteiger partial charge in [0.15, 0.2) is 17.5 Å². The molecule has 0 atom stereocenters. The number of nitrogens with zero attached hydrogens (tertiary/aromatic N) is 3. The Bertz CT molecular complexity index is 2890. The van der Waals surface area contributed by atoms with E-state index >= 15 is 0 Å². The van der Waals surface area contributed by atoms with Gasteiger partial charge in [0, 0.05) is 27.8 Å². The van der Waals surface area contributed by atoms with Crippen LogP contribution in [0.3, 0.4) is 0 Å². The molecule has 56 heavy (non-hydrogen) atoms. The van der Waals surface area contributed by atoms with Crippen molar-refractivity contribution in [3.05, 3.63) is 222 Å². The third-order valence-electron chi connectivity index (χ3n) is 11.2. The van der Waals surface area contributed by atoms with Gasteiger partial charge < -0.3 is 4.74 Å². The zero-order valence-electron chi connectivity index (χ0n) is 30.3. The average Bonchev–Trinajstić information content (AvgIpc) is 3.58. The van der Waals surface area contributed by atoms with Crippen molar-refractivity contribution in [2.45, 2.75) is 5.41 Å². The first-order valence-electron chi connectivity index (χ1n) is 18.9. The molecule has 8 aromatic carbocycles. The molecule has 262 valence electrons. The summed E-state index contributed by atoms with van der Waals surface area (Å²) in [5.74, 6) is 3.61. The molecular formula is C52H33N3O. The van der Waals surface area contributed by atoms with Crippen molar-refractivity contribution < 1.29 is 4.74 Å². The zero-order valence-corrected chi connectivity index (χ0v) is 30.3. The quantitative estimate of drug-likeness (QED) is 0.178. The molecule has 11 rings (SSSR count). The van der Waals surface area contributed by atoms with Gasteiger partial charge in [0.1, 0.15) is 11.5 Å². The van der Waals surface area contributed by atoms with E-state index in [0.29, 0.717) is 17.5 Å². The van der Waals surface area contributed by atoms with E-state index in [2.05, 4.69) is 170 Å². The lowest BCUT2D eigenvalue weighted by molar-refractivity contribution is 0.436. The van der Waals surface area contributed by atoms with Crippen LogP contribution in [-0.4, -0.2) is 15.0 Å². The molecule has 0 unspecified atom stereocenters. The van der Waals surface area contributed by atoms with Gasteiger partial charge in [-0.1, -0.05) is 188 Å². The van der Waals surface area contributed by atoms with Crippen LogP contribution < -0.4 is 4.74 Å². The van der Waals surface area contributed by atoms with Crippen molar-refractivity contribution in [1.82, 2.24) is 15.0 Å². The van der Waals surface area contributed by atoms with Crippen LogP contribution in [0.2, 0.25) is 0 Å². The van der Waals surface area contributed by atoms with Gasteiger partial charge >= 0.3 is 0 Å². The summed E-state index contributed by atoms with van der Waals surface area (Å²) in [4.78, 5) is 15.6. The van der Waals surface area contributed by atoms with Crippen LogP contribution >= 0.6 is 0 Å². The lowest BCUT2D eigenvalue weighted by Crippen LogP contribution is -2.32. The maximum atomic E-state index is 6.57. The molecule has 1 spiro atoms. The van der Waals surface area contributed by atoms with E-state index in [1.807, 2.05) is 30.3 Å². The Morgan fingerprint density at radius 3 is 1.32 bits per heavy atom. The van der Waals surface area contributed by atoms with Crippen LogP contribution in [0, 0.1) is 0 Å². The fourth-order valence-corrected chi connectivity index (χ4v) is 8.83. The zero-order chi connectivity index (χ0) is 37.1. The molecule has 2 heterocycles. The van der Waals surface area contributed by atoms with Crippen LogP contribution in [0.15, 0.2) is 200 Å². The Balaban J connectivity index is 1.11. The van der Waals surface area contributed by atoms with Crippen LogP contribution in [-0.2, 0) is 5.41 Å². The second-order valence-electron chi connectivity index (χ2n) is 14.3. The number of benzene rings is 8. The molecule has 0 bridgehead atoms. The maximum Gasteiger partial charge on any atom is 0.164 e. The van der Waals surface area contributed by atoms with Gasteiger partial charge in [-0.15, -0.1) is 0 Å². The summed E-state index contributed by atoms with van der Waals surface area (Å²) in [5, 5.41) is 0. The summed E-state index contributed by atoms with van der Waals surface area (Å²) >= 11 is 0. The Morgan fingerprint density at radius 1 is 0.286 bits per heavy atom. The van der Waals surface area contributed by atoms with Crippen molar-refractivity contribution in [3.63, 3.8) is 0 Å². The van der Waals surface area contributed by atoms with E-state index in [9.17, 15) is 0 Å². The summed E-state index contributed by atoms with van der Waals surface area (Å²) in [6.45, 7) is 0. The van der Waals surface area contributed by atoms with Crippen LogP contribution in [0.4, 0.5) is 0 Å². The second kappa shape index (κ2) is 12.9. The van der Waals surface area contributed by atoms with Gasteiger partial charge in [0.05, 0.1) is 5.41 Å². The van der Waals surface area contributed by atoms with Gasteiger partial charge in [0.25, 0.3) is 0 Å². The predicted molar refractivity (Wildman–Crippen MR) is 224 cm³/mol. The summed E-state index contributed by atoms with van der Waals surface area (Å²) in [5.41, 5.74) is 13.8. The van der Waals surface area contributed by atoms with Gasteiger partial charge in [-0.05, 0) is 56.6 Å². The summed E-state index contributed by atoms with van der Waals surface area (Å²) in [7, 11) is 0. The molecule has 0 saturated carbocycles. The monoisotopic (exact) mass is 715 g/mol. The molecule has 0 N–H and O–H groups in total. The highest BCUT2D eigenvalue weighted by molar-refractivity contribution is 5.96. The van der Waals surface area contributed by atoms with Crippen molar-refractivity contribution in [2.75, 3.05) is 0 Å². The Kier molecular flexibility index (Phi) is 7.36. The molecule has 9 aromatic rings. The number of hydrogen-bond donors (Lipinski definition) is 0. The number of rotatable bonds is 5. The first-order chi connectivity index (χ1) is 27.8. The van der Waals surface area contributed by atoms with Crippen molar-refractivity contribution in [1.29, 1.82) is 0 Å². The minimum absolute atomic E-state index is 0.586. The Labute approximate surface area is 325 Å². The molecule has 0 radical (unpaired) electrons. The molecule has 1 aliphatic carbocycles. The molecule has 4 nitrogen and oxygen atoms in total. The largest absolute Gasteiger partial charge is 0.457 e. The second-order valence-corrected chi connectivity index (χ2v) is 14.3. The van der Waals surface area contributed by atoms with E-state index in [1.165, 1.54) is 27.8 Å². The predicted octanol–water partition coefficient (Wildman–Crippen LogP) is 12.7. The van der Waals surface area contributed by atoms with Gasteiger partial charge in [-0.25, -0.2) is 15.0 Å². The smallest absolute Gasteiger partial charge is 0.164 e. The minimum Gasteiger partial charge on any atom is -0.457 e. The Morgan fingerprint density at radius 2 is 0.696 bits per heavy atom. The molecule has 1 aromatic heterocycles. The first kappa shape index (κ1) is 32.0. The maximum absolute atomic E-state index is 6.57. The highest BCUT2D eigenvalue weighted by atomic mass is 16.5. The molecule has 0 saturated heterocycles. The van der Waals surface area contributed by atoms with E-state index in [4.69, 9.17) is 19.7 Å². The number of para-hydroxylation sites is 2. The van der Waals surface area contributed by atoms with E-state index in [0.717, 1.165) is 56.0 Å². The topological polar surface area (TPSA) is 47.9 Å². The Hall–Kier alpha value is -7.43. The normalized spacial score (nSPS) is 12.9. The van der Waals surface area contributed by atoms with Gasteiger partial charge in [-0.2, -0.15) is 0 Å². The van der Waals surface area contributed by atoms with Crippen molar-refractivity contribution in [3.8, 4) is 79.0 Å². The van der Waals surface area contributed by atoms with E-state index in [1.54, 1.807) is 0 Å². The lowest BCUT2D eigenvalue weighted by atomic mass is 9.66. The number of fused-ring (bicyclic) bond motifs is 9. The highest BCUT2D eigenvalue weighted by Gasteiger charge is 2.51. The first-order valence-corrected chi connectivity index (χ1v) is 18.9. The lowest BCUT2D eigenvalue weighted by Gasteiger charge is -2.39. The fourth-order valence-electron chi connectivity index (χ4n) is 8.83. The van der Waals surface area contributed by atoms with Gasteiger partial charge in [0.2, 0.25) is 0 Å². The molecule has 0 fully saturated rings. The number of hydrogen-bond acceptors (Lipinski definition) is 4. The molecular weight excluding hydrogens is 683 g/mol. The number of ether oxygens (including phenoxy) is 1. The molecule has 4 heteroatoms. The van der Waals surface area contributed by atoms with Crippen molar-refractivity contribution >= 4 is 0 Å². The number of aromatic nitrogens is 3. The third-order valence-corrected chi connectivity index (χ3v) is 11.2. The summed E-state index contributed by atoms with van der Waals surface area (Å²) < 4.78 is 6.57. The third kappa shape index (κ3) is 4.89. The molecule has 1 aliphatic heterocycles. The summed E-state index contributed by atoms with van der Waals surface area (Å²) in [6, 6.07) is 70.1. The minimum atomic E-state index is -0.586. The van der Waals surface area contributed by atoms with Crippen LogP contribution in [0.25, 0.3) is 67.5 Å². The van der Waals surface area contributed by atoms with Crippen LogP contribution in [0.5, 0.6) is 11.5 Å².